The zero-order valence-corrected chi connectivity index (χ0v) is 14.3. The Morgan fingerprint density at radius 1 is 1.04 bits per heavy atom. The molecule has 0 saturated heterocycles. The molecule has 0 saturated carbocycles. The normalized spacial score (nSPS) is 11.4. The van der Waals surface area contributed by atoms with Gasteiger partial charge in [-0.2, -0.15) is 0 Å². The maximum atomic E-state index is 11.0. The molecule has 4 heteroatoms. The van der Waals surface area contributed by atoms with Gasteiger partial charge in [0, 0.05) is 19.6 Å². The predicted octanol–water partition coefficient (Wildman–Crippen LogP) is 4.16. The Bertz CT molecular complexity index is 702. The Hall–Kier alpha value is -2.85. The van der Waals surface area contributed by atoms with Crippen LogP contribution in [0.25, 0.3) is 11.1 Å². The Balaban J connectivity index is 1.96. The average molecular weight is 338 g/mol. The lowest BCUT2D eigenvalue weighted by molar-refractivity contribution is -0.137. The minimum atomic E-state index is -0.458. The molecule has 130 valence electrons. The summed E-state index contributed by atoms with van der Waals surface area (Å²) in [7, 11) is 1.57. The Morgan fingerprint density at radius 2 is 1.64 bits per heavy atom. The van der Waals surface area contributed by atoms with Gasteiger partial charge < -0.3 is 14.2 Å². The van der Waals surface area contributed by atoms with Gasteiger partial charge in [-0.05, 0) is 34.9 Å². The molecular weight excluding hydrogens is 316 g/mol. The van der Waals surface area contributed by atoms with Crippen molar-refractivity contribution in [1.29, 1.82) is 0 Å². The summed E-state index contributed by atoms with van der Waals surface area (Å²) in [6.45, 7) is 7.37. The monoisotopic (exact) mass is 338 g/mol. The highest BCUT2D eigenvalue weighted by Gasteiger charge is 2.05. The second-order valence-corrected chi connectivity index (χ2v) is 5.30. The molecule has 2 aromatic rings. The zero-order chi connectivity index (χ0) is 18.1. The number of carbonyl (C=O) groups excluding carboxylic acids is 1. The van der Waals surface area contributed by atoms with Gasteiger partial charge in [-0.15, -0.1) is 0 Å². The van der Waals surface area contributed by atoms with E-state index in [1.807, 2.05) is 48.5 Å². The van der Waals surface area contributed by atoms with E-state index in [2.05, 4.69) is 13.2 Å². The Kier molecular flexibility index (Phi) is 6.99. The summed E-state index contributed by atoms with van der Waals surface area (Å²) in [5, 5.41) is 0. The average Bonchev–Trinajstić information content (AvgIpc) is 2.67. The van der Waals surface area contributed by atoms with Crippen LogP contribution in [0.3, 0.4) is 0 Å². The van der Waals surface area contributed by atoms with E-state index in [0.29, 0.717) is 13.0 Å². The number of esters is 1. The van der Waals surface area contributed by atoms with Crippen molar-refractivity contribution < 1.29 is 19.0 Å². The Labute approximate surface area is 148 Å². The molecule has 0 aliphatic carbocycles. The smallest absolute Gasteiger partial charge is 0.330 e. The van der Waals surface area contributed by atoms with E-state index >= 15 is 0 Å². The highest BCUT2D eigenvalue weighted by atomic mass is 16.7. The third kappa shape index (κ3) is 5.62. The van der Waals surface area contributed by atoms with Gasteiger partial charge in [-0.25, -0.2) is 4.79 Å². The second kappa shape index (κ2) is 9.45. The second-order valence-electron chi connectivity index (χ2n) is 5.30. The van der Waals surface area contributed by atoms with E-state index in [9.17, 15) is 4.79 Å². The van der Waals surface area contributed by atoms with Gasteiger partial charge in [-0.3, -0.25) is 0 Å². The van der Waals surface area contributed by atoms with E-state index in [1.54, 1.807) is 13.2 Å². The van der Waals surface area contributed by atoms with Crippen LogP contribution in [0.4, 0.5) is 0 Å². The van der Waals surface area contributed by atoms with Crippen LogP contribution in [0, 0.1) is 0 Å². The van der Waals surface area contributed by atoms with Crippen molar-refractivity contribution >= 4 is 5.97 Å². The first kappa shape index (κ1) is 18.5. The van der Waals surface area contributed by atoms with Crippen molar-refractivity contribution in [3.05, 3.63) is 79.4 Å². The molecule has 0 spiro atoms. The van der Waals surface area contributed by atoms with Crippen LogP contribution < -0.4 is 4.74 Å². The van der Waals surface area contributed by atoms with Crippen molar-refractivity contribution in [3.8, 4) is 16.9 Å². The number of methoxy groups -OCH3 is 1. The number of ether oxygens (including phenoxy) is 3. The molecule has 0 bridgehead atoms. The quantitative estimate of drug-likeness (QED) is 0.298. The molecule has 0 aliphatic rings. The molecule has 0 fully saturated rings. The minimum absolute atomic E-state index is 0.347. The van der Waals surface area contributed by atoms with E-state index in [0.717, 1.165) is 22.4 Å². The largest absolute Gasteiger partial charge is 0.462 e. The van der Waals surface area contributed by atoms with Crippen LogP contribution >= 0.6 is 0 Å². The lowest BCUT2D eigenvalue weighted by atomic mass is 10.0. The minimum Gasteiger partial charge on any atom is -0.462 e. The highest BCUT2D eigenvalue weighted by molar-refractivity contribution is 5.81. The molecule has 25 heavy (non-hydrogen) atoms. The fourth-order valence-corrected chi connectivity index (χ4v) is 2.24. The first-order valence-corrected chi connectivity index (χ1v) is 7.97. The number of benzene rings is 2. The molecule has 0 heterocycles. The summed E-state index contributed by atoms with van der Waals surface area (Å²) in [5.41, 5.74) is 3.30. The van der Waals surface area contributed by atoms with Gasteiger partial charge >= 0.3 is 5.97 Å². The summed E-state index contributed by atoms with van der Waals surface area (Å²) >= 11 is 0. The number of carbonyl (C=O) groups is 1. The molecule has 4 nitrogen and oxygen atoms in total. The van der Waals surface area contributed by atoms with E-state index in [-0.39, 0.29) is 0 Å². The first-order valence-electron chi connectivity index (χ1n) is 7.97. The molecule has 1 unspecified atom stereocenters. The SMILES string of the molecule is C=CC(=O)OCCc1ccc(-c2ccc(OC(C=C)OC)cc2)cc1. The Morgan fingerprint density at radius 3 is 2.16 bits per heavy atom. The molecule has 2 aromatic carbocycles. The number of hydrogen-bond acceptors (Lipinski definition) is 4. The summed E-state index contributed by atoms with van der Waals surface area (Å²) < 4.78 is 15.7. The standard InChI is InChI=1S/C21H22O4/c1-4-20(22)24-15-14-16-6-8-17(9-7-16)18-10-12-19(13-11-18)25-21(5-2)23-3/h4-13,21H,1-2,14-15H2,3H3. The molecule has 0 aromatic heterocycles. The van der Waals surface area contributed by atoms with Crippen molar-refractivity contribution in [1.82, 2.24) is 0 Å². The summed E-state index contributed by atoms with van der Waals surface area (Å²) in [4.78, 5) is 11.0. The third-order valence-electron chi connectivity index (χ3n) is 3.62. The molecule has 0 N–H and O–H groups in total. The zero-order valence-electron chi connectivity index (χ0n) is 14.3. The van der Waals surface area contributed by atoms with Gasteiger partial charge in [0.1, 0.15) is 5.75 Å². The highest BCUT2D eigenvalue weighted by Crippen LogP contribution is 2.23. The van der Waals surface area contributed by atoms with Gasteiger partial charge in [0.2, 0.25) is 6.29 Å². The fourth-order valence-electron chi connectivity index (χ4n) is 2.24. The predicted molar refractivity (Wildman–Crippen MR) is 98.4 cm³/mol. The van der Waals surface area contributed by atoms with E-state index < -0.39 is 12.3 Å². The van der Waals surface area contributed by atoms with Crippen LogP contribution in [-0.4, -0.2) is 26.0 Å². The van der Waals surface area contributed by atoms with E-state index in [1.165, 1.54) is 6.08 Å². The van der Waals surface area contributed by atoms with Gasteiger partial charge in [0.15, 0.2) is 0 Å². The van der Waals surface area contributed by atoms with Crippen LogP contribution in [0.5, 0.6) is 5.75 Å². The van der Waals surface area contributed by atoms with Gasteiger partial charge in [0.05, 0.1) is 6.61 Å². The maximum Gasteiger partial charge on any atom is 0.330 e. The molecule has 0 aliphatic heterocycles. The summed E-state index contributed by atoms with van der Waals surface area (Å²) in [6.07, 6.45) is 2.98. The molecule has 0 amide bonds. The molecule has 2 rings (SSSR count). The lowest BCUT2D eigenvalue weighted by Crippen LogP contribution is -2.14. The van der Waals surface area contributed by atoms with Crippen molar-refractivity contribution in [3.63, 3.8) is 0 Å². The first-order chi connectivity index (χ1) is 12.2. The summed E-state index contributed by atoms with van der Waals surface area (Å²) in [5.74, 6) is 0.322. The van der Waals surface area contributed by atoms with Gasteiger partial charge in [-0.1, -0.05) is 49.6 Å². The lowest BCUT2D eigenvalue weighted by Gasteiger charge is -2.13. The maximum absolute atomic E-state index is 11.0. The van der Waals surface area contributed by atoms with E-state index in [4.69, 9.17) is 14.2 Å². The molecular formula is C21H22O4. The van der Waals surface area contributed by atoms with Crippen LogP contribution in [0.1, 0.15) is 5.56 Å². The van der Waals surface area contributed by atoms with Crippen LogP contribution in [0.2, 0.25) is 0 Å². The number of rotatable bonds is 9. The van der Waals surface area contributed by atoms with Crippen molar-refractivity contribution in [2.45, 2.75) is 12.7 Å². The third-order valence-corrected chi connectivity index (χ3v) is 3.62. The summed E-state index contributed by atoms with van der Waals surface area (Å²) in [6, 6.07) is 15.9. The number of hydrogen-bond donors (Lipinski definition) is 0. The van der Waals surface area contributed by atoms with Crippen LogP contribution in [0.15, 0.2) is 73.8 Å². The van der Waals surface area contributed by atoms with Crippen molar-refractivity contribution in [2.75, 3.05) is 13.7 Å². The molecule has 0 radical (unpaired) electrons. The van der Waals surface area contributed by atoms with Crippen molar-refractivity contribution in [2.24, 2.45) is 0 Å². The molecule has 1 atom stereocenters. The van der Waals surface area contributed by atoms with Crippen LogP contribution in [-0.2, 0) is 20.7 Å². The fraction of sp³-hybridized carbons (Fsp3) is 0.190. The topological polar surface area (TPSA) is 44.8 Å². The van der Waals surface area contributed by atoms with Gasteiger partial charge in [0.25, 0.3) is 0 Å².